The smallest absolute Gasteiger partial charge is 0.365 e. The van der Waals surface area contributed by atoms with Crippen LogP contribution in [0.25, 0.3) is 17.0 Å². The van der Waals surface area contributed by atoms with E-state index in [1.807, 2.05) is 39.0 Å². The first-order chi connectivity index (χ1) is 13.7. The fraction of sp³-hybridized carbons (Fsp3) is 0.333. The second-order valence-electron chi connectivity index (χ2n) is 8.90. The summed E-state index contributed by atoms with van der Waals surface area (Å²) in [6.45, 7) is 7.45. The monoisotopic (exact) mass is 408 g/mol. The molecule has 0 radical (unpaired) electrons. The van der Waals surface area contributed by atoms with Crippen molar-refractivity contribution in [1.29, 1.82) is 0 Å². The van der Waals surface area contributed by atoms with Crippen molar-refractivity contribution in [1.82, 2.24) is 9.88 Å². The number of benzene rings is 2. The summed E-state index contributed by atoms with van der Waals surface area (Å²) >= 11 is 0. The van der Waals surface area contributed by atoms with Crippen LogP contribution in [0.3, 0.4) is 0 Å². The molecule has 4 nitrogen and oxygen atoms in total. The maximum Gasteiger partial charge on any atom is 0.365 e. The third-order valence-electron chi connectivity index (χ3n) is 5.48. The highest BCUT2D eigenvalue weighted by atomic mass is 28.4. The van der Waals surface area contributed by atoms with Gasteiger partial charge < -0.3 is 19.5 Å². The second-order valence-corrected chi connectivity index (χ2v) is 12.2. The first kappa shape index (κ1) is 21.5. The number of hydrogen-bond donors (Lipinski definition) is 3. The lowest BCUT2D eigenvalue weighted by Crippen LogP contribution is -2.42. The molecule has 0 atom stereocenters. The first-order valence-electron chi connectivity index (χ1n) is 10.1. The Morgan fingerprint density at radius 1 is 1.03 bits per heavy atom. The lowest BCUT2D eigenvalue weighted by Gasteiger charge is -2.28. The summed E-state index contributed by atoms with van der Waals surface area (Å²) in [7, 11) is -1.23. The molecule has 0 spiro atoms. The van der Waals surface area contributed by atoms with Crippen LogP contribution in [0.4, 0.5) is 0 Å². The molecule has 0 saturated carbocycles. The van der Waals surface area contributed by atoms with Gasteiger partial charge >= 0.3 is 8.56 Å². The van der Waals surface area contributed by atoms with Gasteiger partial charge in [0.05, 0.1) is 0 Å². The van der Waals surface area contributed by atoms with Crippen molar-refractivity contribution < 1.29 is 9.59 Å². The molecule has 5 heteroatoms. The van der Waals surface area contributed by atoms with Crippen molar-refractivity contribution in [3.05, 3.63) is 77.1 Å². The number of para-hydroxylation sites is 1. The minimum absolute atomic E-state index is 0.503. The molecule has 0 bridgehead atoms. The highest BCUT2D eigenvalue weighted by molar-refractivity contribution is 6.73. The molecule has 2 aromatic carbocycles. The number of aromatic amines is 1. The van der Waals surface area contributed by atoms with E-state index in [1.165, 1.54) is 22.0 Å². The molecule has 154 valence electrons. The summed E-state index contributed by atoms with van der Waals surface area (Å²) in [4.78, 5) is 26.2. The van der Waals surface area contributed by atoms with Crippen LogP contribution in [-0.4, -0.2) is 41.6 Å². The van der Waals surface area contributed by atoms with E-state index in [0.717, 1.165) is 25.1 Å². The van der Waals surface area contributed by atoms with Gasteiger partial charge in [0.15, 0.2) is 0 Å². The number of nitrogens with zero attached hydrogens (tertiary/aromatic N) is 1. The van der Waals surface area contributed by atoms with Crippen LogP contribution in [0.15, 0.2) is 60.4 Å². The van der Waals surface area contributed by atoms with E-state index in [9.17, 15) is 9.59 Å². The molecule has 3 N–H and O–H groups in total. The maximum atomic E-state index is 10.3. The molecule has 0 aliphatic rings. The molecular weight excluding hydrogens is 376 g/mol. The molecule has 3 aromatic rings. The number of aromatic nitrogens is 1. The van der Waals surface area contributed by atoms with Gasteiger partial charge in [-0.1, -0.05) is 69.3 Å². The number of H-pyrrole nitrogens is 1. The summed E-state index contributed by atoms with van der Waals surface area (Å²) in [5, 5.41) is 0.802. The number of nitrogens with one attached hydrogen (secondary N) is 1. The van der Waals surface area contributed by atoms with Crippen molar-refractivity contribution in [2.24, 2.45) is 0 Å². The Morgan fingerprint density at radius 2 is 1.72 bits per heavy atom. The molecule has 29 heavy (non-hydrogen) atoms. The van der Waals surface area contributed by atoms with Gasteiger partial charge in [0, 0.05) is 35.2 Å². The summed E-state index contributed by atoms with van der Waals surface area (Å²) in [6, 6.07) is 16.7. The highest BCUT2D eigenvalue weighted by Crippen LogP contribution is 2.33. The Balaban J connectivity index is 1.55. The molecule has 0 unspecified atom stereocenters. The third-order valence-corrected chi connectivity index (χ3v) is 8.32. The molecular formula is C24H32N2O2Si. The summed E-state index contributed by atoms with van der Waals surface area (Å²) in [6.07, 6.45) is 4.94. The number of hydrogen-bond acceptors (Lipinski definition) is 3. The zero-order valence-corrected chi connectivity index (χ0v) is 18.8. The van der Waals surface area contributed by atoms with Crippen molar-refractivity contribution >= 4 is 25.5 Å². The number of rotatable bonds is 7. The summed E-state index contributed by atoms with van der Waals surface area (Å²) < 4.78 is 0. The van der Waals surface area contributed by atoms with E-state index >= 15 is 0 Å². The topological polar surface area (TPSA) is 59.5 Å². The van der Waals surface area contributed by atoms with E-state index in [4.69, 9.17) is 0 Å². The van der Waals surface area contributed by atoms with Gasteiger partial charge in [0.25, 0.3) is 0 Å². The van der Waals surface area contributed by atoms with Gasteiger partial charge in [-0.25, -0.2) is 0 Å². The Bertz CT molecular complexity index is 968. The van der Waals surface area contributed by atoms with Crippen LogP contribution in [0.5, 0.6) is 0 Å². The molecule has 0 aliphatic carbocycles. The zero-order chi connectivity index (χ0) is 21.1. The lowest BCUT2D eigenvalue weighted by atomic mass is 10.1. The van der Waals surface area contributed by atoms with Gasteiger partial charge in [-0.3, -0.25) is 0 Å². The van der Waals surface area contributed by atoms with Crippen molar-refractivity contribution in [3.8, 4) is 0 Å². The van der Waals surface area contributed by atoms with E-state index in [-0.39, 0.29) is 0 Å². The van der Waals surface area contributed by atoms with Gasteiger partial charge in [-0.05, 0) is 41.9 Å². The number of likely N-dealkylation sites (N-methyl/N-ethyl adjacent to an activating group) is 1. The Kier molecular flexibility index (Phi) is 6.44. The van der Waals surface area contributed by atoms with Crippen LogP contribution in [0.1, 0.15) is 37.5 Å². The first-order valence-corrected chi connectivity index (χ1v) is 12.1. The van der Waals surface area contributed by atoms with Crippen molar-refractivity contribution in [3.63, 3.8) is 0 Å². The van der Waals surface area contributed by atoms with Gasteiger partial charge in [0.1, 0.15) is 0 Å². The maximum absolute atomic E-state index is 10.3. The zero-order valence-electron chi connectivity index (χ0n) is 17.8. The fourth-order valence-electron chi connectivity index (χ4n) is 3.24. The molecule has 1 heterocycles. The van der Waals surface area contributed by atoms with Crippen LogP contribution in [0.2, 0.25) is 5.04 Å². The average molecular weight is 409 g/mol. The Morgan fingerprint density at radius 3 is 2.41 bits per heavy atom. The summed E-state index contributed by atoms with van der Waals surface area (Å²) in [5.74, 6) is 0. The largest absolute Gasteiger partial charge is 0.407 e. The van der Waals surface area contributed by atoms with E-state index < -0.39 is 13.6 Å². The Labute approximate surface area is 174 Å². The van der Waals surface area contributed by atoms with Crippen LogP contribution >= 0.6 is 0 Å². The third kappa shape index (κ3) is 5.45. The minimum Gasteiger partial charge on any atom is -0.407 e. The van der Waals surface area contributed by atoms with Crippen LogP contribution in [0, 0.1) is 0 Å². The van der Waals surface area contributed by atoms with Gasteiger partial charge in [-0.2, -0.15) is 0 Å². The quantitative estimate of drug-likeness (QED) is 0.500. The standard InChI is InChI=1S/C24H32N2O2Si/c1-24(2,3)29(27,28)16-14-19-9-11-20(12-10-19)18-26(4)15-13-21-17-25-23-8-6-5-7-22(21)23/h5-12,14,16-17,25,27-28H,13,15,18H2,1-4H3. The normalized spacial score (nSPS) is 13.1. The molecule has 0 aliphatic heterocycles. The van der Waals surface area contributed by atoms with Crippen LogP contribution in [-0.2, 0) is 13.0 Å². The van der Waals surface area contributed by atoms with Crippen molar-refractivity contribution in [2.45, 2.75) is 38.8 Å². The predicted octanol–water partition coefficient (Wildman–Crippen LogP) is 4.62. The summed E-state index contributed by atoms with van der Waals surface area (Å²) in [5.41, 5.74) is 6.37. The highest BCUT2D eigenvalue weighted by Gasteiger charge is 2.40. The fourth-order valence-corrected chi connectivity index (χ4v) is 4.16. The van der Waals surface area contributed by atoms with E-state index in [0.29, 0.717) is 0 Å². The SMILES string of the molecule is CN(CCc1c[nH]c2ccccc12)Cc1ccc(C=C[Si](O)(O)C(C)(C)C)cc1. The predicted molar refractivity (Wildman–Crippen MR) is 124 cm³/mol. The van der Waals surface area contributed by atoms with Gasteiger partial charge in [0.2, 0.25) is 0 Å². The van der Waals surface area contributed by atoms with E-state index in [2.05, 4.69) is 59.5 Å². The number of fused-ring (bicyclic) bond motifs is 1. The lowest BCUT2D eigenvalue weighted by molar-refractivity contribution is 0.331. The second kappa shape index (κ2) is 8.67. The molecule has 0 amide bonds. The average Bonchev–Trinajstić information content (AvgIpc) is 3.08. The molecule has 3 rings (SSSR count). The molecule has 0 fully saturated rings. The Hall–Kier alpha value is -2.18. The molecule has 1 aromatic heterocycles. The minimum atomic E-state index is -3.38. The van der Waals surface area contributed by atoms with Crippen LogP contribution < -0.4 is 0 Å². The van der Waals surface area contributed by atoms with Crippen molar-refractivity contribution in [2.75, 3.05) is 13.6 Å². The van der Waals surface area contributed by atoms with E-state index in [1.54, 1.807) is 5.70 Å². The van der Waals surface area contributed by atoms with Gasteiger partial charge in [-0.15, -0.1) is 0 Å². The molecule has 0 saturated heterocycles.